The summed E-state index contributed by atoms with van der Waals surface area (Å²) < 4.78 is 0. The normalized spacial score (nSPS) is 14.8. The molecule has 0 spiro atoms. The molecule has 1 aliphatic rings. The third-order valence-corrected chi connectivity index (χ3v) is 5.66. The van der Waals surface area contributed by atoms with Crippen LogP contribution < -0.4 is 15.1 Å². The van der Waals surface area contributed by atoms with Crippen LogP contribution in [0.2, 0.25) is 10.0 Å². The summed E-state index contributed by atoms with van der Waals surface area (Å²) in [6, 6.07) is 10.4. The molecule has 0 bridgehead atoms. The maximum Gasteiger partial charge on any atom is 0.259 e. The molecule has 8 heteroatoms. The Kier molecular flexibility index (Phi) is 6.92. The van der Waals surface area contributed by atoms with Crippen molar-refractivity contribution in [1.82, 2.24) is 5.32 Å². The van der Waals surface area contributed by atoms with Crippen molar-refractivity contribution < 1.29 is 14.4 Å². The number of fused-ring (bicyclic) bond motifs is 1. The largest absolute Gasteiger partial charge is 0.336 e. The predicted molar refractivity (Wildman–Crippen MR) is 124 cm³/mol. The Hall–Kier alpha value is -2.57. The summed E-state index contributed by atoms with van der Waals surface area (Å²) in [7, 11) is 0. The quantitative estimate of drug-likeness (QED) is 0.677. The van der Waals surface area contributed by atoms with E-state index < -0.39 is 23.8 Å². The third-order valence-electron chi connectivity index (χ3n) is 5.07. The van der Waals surface area contributed by atoms with Gasteiger partial charge in [-0.15, -0.1) is 0 Å². The molecule has 0 aliphatic carbocycles. The molecule has 3 amide bonds. The molecule has 3 rings (SSSR count). The lowest BCUT2D eigenvalue weighted by atomic mass is 10.1. The molecule has 2 aromatic carbocycles. The molecular formula is C23H25Cl2N3O3. The summed E-state index contributed by atoms with van der Waals surface area (Å²) in [5, 5.41) is 3.45. The zero-order valence-corrected chi connectivity index (χ0v) is 19.4. The van der Waals surface area contributed by atoms with Gasteiger partial charge >= 0.3 is 0 Å². The number of carbonyl (C=O) groups excluding carboxylic acids is 3. The van der Waals surface area contributed by atoms with E-state index in [9.17, 15) is 14.4 Å². The van der Waals surface area contributed by atoms with Gasteiger partial charge in [0.05, 0.1) is 17.8 Å². The van der Waals surface area contributed by atoms with Crippen LogP contribution in [-0.4, -0.2) is 35.8 Å². The number of carbonyl (C=O) groups is 3. The summed E-state index contributed by atoms with van der Waals surface area (Å²) in [5.41, 5.74) is 1.84. The molecule has 6 nitrogen and oxygen atoms in total. The van der Waals surface area contributed by atoms with E-state index in [1.54, 1.807) is 28.0 Å². The fraction of sp³-hybridized carbons (Fsp3) is 0.348. The van der Waals surface area contributed by atoms with Gasteiger partial charge < -0.3 is 15.1 Å². The molecule has 0 saturated carbocycles. The average molecular weight is 462 g/mol. The zero-order valence-electron chi connectivity index (χ0n) is 17.9. The van der Waals surface area contributed by atoms with Crippen LogP contribution in [0.25, 0.3) is 0 Å². The van der Waals surface area contributed by atoms with Crippen LogP contribution >= 0.6 is 23.2 Å². The van der Waals surface area contributed by atoms with Gasteiger partial charge in [0.2, 0.25) is 5.91 Å². The number of rotatable bonds is 5. The highest BCUT2D eigenvalue weighted by Gasteiger charge is 2.42. The number of para-hydroxylation sites is 2. The number of anilines is 2. The summed E-state index contributed by atoms with van der Waals surface area (Å²) in [5.74, 6) is -1.41. The monoisotopic (exact) mass is 461 g/mol. The highest BCUT2D eigenvalue weighted by atomic mass is 35.5. The van der Waals surface area contributed by atoms with Gasteiger partial charge in [0.25, 0.3) is 11.8 Å². The molecular weight excluding hydrogens is 437 g/mol. The van der Waals surface area contributed by atoms with Crippen molar-refractivity contribution in [1.29, 1.82) is 0 Å². The smallest absolute Gasteiger partial charge is 0.259 e. The number of nitrogens with one attached hydrogen (secondary N) is 1. The van der Waals surface area contributed by atoms with Gasteiger partial charge in [0.15, 0.2) is 6.04 Å². The van der Waals surface area contributed by atoms with Crippen molar-refractivity contribution in [2.75, 3.05) is 9.80 Å². The Labute approximate surface area is 192 Å². The van der Waals surface area contributed by atoms with E-state index in [0.29, 0.717) is 27.0 Å². The predicted octanol–water partition coefficient (Wildman–Crippen LogP) is 4.22. The van der Waals surface area contributed by atoms with Crippen LogP contribution in [0.15, 0.2) is 42.5 Å². The summed E-state index contributed by atoms with van der Waals surface area (Å²) >= 11 is 12.1. The molecule has 2 aromatic rings. The molecule has 31 heavy (non-hydrogen) atoms. The molecule has 164 valence electrons. The first-order valence-corrected chi connectivity index (χ1v) is 10.9. The molecule has 1 heterocycles. The van der Waals surface area contributed by atoms with Crippen LogP contribution in [0.1, 0.15) is 33.3 Å². The SMILES string of the molecule is CC(C)N1C(=O)C(NC(=O)Cc2ccc(Cl)cc2Cl)C(=O)N(C(C)C)c2ccccc21. The second kappa shape index (κ2) is 9.28. The number of hydrogen-bond donors (Lipinski definition) is 1. The Morgan fingerprint density at radius 1 is 0.935 bits per heavy atom. The van der Waals surface area contributed by atoms with Crippen LogP contribution in [0.3, 0.4) is 0 Å². The molecule has 1 aliphatic heterocycles. The molecule has 0 fully saturated rings. The highest BCUT2D eigenvalue weighted by molar-refractivity contribution is 6.35. The first-order valence-electron chi connectivity index (χ1n) is 10.1. The maximum atomic E-state index is 13.4. The lowest BCUT2D eigenvalue weighted by Crippen LogP contribution is -2.57. The highest BCUT2D eigenvalue weighted by Crippen LogP contribution is 2.35. The lowest BCUT2D eigenvalue weighted by Gasteiger charge is -2.29. The fourth-order valence-electron chi connectivity index (χ4n) is 3.73. The molecule has 1 N–H and O–H groups in total. The van der Waals surface area contributed by atoms with Gasteiger partial charge in [-0.05, 0) is 57.5 Å². The Morgan fingerprint density at radius 2 is 1.45 bits per heavy atom. The van der Waals surface area contributed by atoms with Gasteiger partial charge in [-0.1, -0.05) is 41.4 Å². The number of hydrogen-bond acceptors (Lipinski definition) is 3. The van der Waals surface area contributed by atoms with Gasteiger partial charge in [-0.2, -0.15) is 0 Å². The van der Waals surface area contributed by atoms with Crippen molar-refractivity contribution in [2.45, 2.75) is 52.2 Å². The number of nitrogens with zero attached hydrogens (tertiary/aromatic N) is 2. The van der Waals surface area contributed by atoms with Gasteiger partial charge in [0.1, 0.15) is 0 Å². The molecule has 0 atom stereocenters. The van der Waals surface area contributed by atoms with Crippen LogP contribution in [-0.2, 0) is 20.8 Å². The minimum absolute atomic E-state index is 0.0800. The van der Waals surface area contributed by atoms with Crippen LogP contribution in [0.4, 0.5) is 11.4 Å². The summed E-state index contributed by atoms with van der Waals surface area (Å²) in [6.45, 7) is 7.49. The minimum Gasteiger partial charge on any atom is -0.336 e. The van der Waals surface area contributed by atoms with E-state index in [1.807, 2.05) is 52.0 Å². The minimum atomic E-state index is -1.34. The molecule has 0 unspecified atom stereocenters. The van der Waals surface area contributed by atoms with Gasteiger partial charge in [-0.25, -0.2) is 0 Å². The van der Waals surface area contributed by atoms with Crippen molar-refractivity contribution in [3.8, 4) is 0 Å². The number of halogens is 2. The first-order chi connectivity index (χ1) is 14.6. The van der Waals surface area contributed by atoms with Crippen LogP contribution in [0, 0.1) is 0 Å². The number of benzene rings is 2. The van der Waals surface area contributed by atoms with Crippen molar-refractivity contribution >= 4 is 52.3 Å². The molecule has 0 aromatic heterocycles. The molecule has 0 saturated heterocycles. The van der Waals surface area contributed by atoms with Crippen molar-refractivity contribution in [3.63, 3.8) is 0 Å². The van der Waals surface area contributed by atoms with E-state index in [4.69, 9.17) is 23.2 Å². The zero-order chi connectivity index (χ0) is 22.9. The third kappa shape index (κ3) is 4.70. The van der Waals surface area contributed by atoms with Crippen molar-refractivity contribution in [2.24, 2.45) is 0 Å². The van der Waals surface area contributed by atoms with E-state index >= 15 is 0 Å². The Morgan fingerprint density at radius 3 is 1.90 bits per heavy atom. The van der Waals surface area contributed by atoms with Gasteiger partial charge in [0, 0.05) is 22.1 Å². The standard InChI is InChI=1S/C23H25Cl2N3O3/c1-13(2)27-18-7-5-6-8-19(18)28(14(3)4)23(31)21(22(27)30)26-20(29)11-15-9-10-16(24)12-17(15)25/h5-10,12-14,21H,11H2,1-4H3,(H,26,29). The van der Waals surface area contributed by atoms with Gasteiger partial charge in [-0.3, -0.25) is 14.4 Å². The van der Waals surface area contributed by atoms with E-state index in [2.05, 4.69) is 5.32 Å². The Bertz CT molecular complexity index is 976. The molecule has 0 radical (unpaired) electrons. The second-order valence-corrected chi connectivity index (χ2v) is 8.85. The summed E-state index contributed by atoms with van der Waals surface area (Å²) in [4.78, 5) is 42.8. The van der Waals surface area contributed by atoms with E-state index in [0.717, 1.165) is 0 Å². The average Bonchev–Trinajstić information content (AvgIpc) is 2.77. The van der Waals surface area contributed by atoms with Crippen molar-refractivity contribution in [3.05, 3.63) is 58.1 Å². The Balaban J connectivity index is 1.96. The number of amides is 3. The maximum absolute atomic E-state index is 13.4. The van der Waals surface area contributed by atoms with E-state index in [1.165, 1.54) is 0 Å². The first kappa shape index (κ1) is 23.1. The fourth-order valence-corrected chi connectivity index (χ4v) is 4.21. The lowest BCUT2D eigenvalue weighted by molar-refractivity contribution is -0.134. The topological polar surface area (TPSA) is 69.7 Å². The second-order valence-electron chi connectivity index (χ2n) is 8.01. The van der Waals surface area contributed by atoms with Crippen LogP contribution in [0.5, 0.6) is 0 Å². The van der Waals surface area contributed by atoms with E-state index in [-0.39, 0.29) is 18.5 Å². The summed E-state index contributed by atoms with van der Waals surface area (Å²) in [6.07, 6.45) is -0.0800.